The van der Waals surface area contributed by atoms with Gasteiger partial charge < -0.3 is 19.7 Å². The zero-order chi connectivity index (χ0) is 41.1. The number of phosphoric acid groups is 1. The first-order valence-electron chi connectivity index (χ1n) is 21.2. The van der Waals surface area contributed by atoms with E-state index in [0.717, 1.165) is 103 Å². The van der Waals surface area contributed by atoms with Crippen molar-refractivity contribution in [3.05, 3.63) is 97.2 Å². The molecule has 0 aromatic heterocycles. The maximum Gasteiger partial charge on any atom is 0.472 e. The normalized spacial score (nSPS) is 14.3. The third kappa shape index (κ3) is 40.6. The van der Waals surface area contributed by atoms with E-state index in [2.05, 4.69) is 116 Å². The van der Waals surface area contributed by atoms with E-state index in [9.17, 15) is 19.0 Å². The number of unbranched alkanes of at least 4 members (excludes halogenated alkanes) is 8. The van der Waals surface area contributed by atoms with Crippen LogP contribution in [0.1, 0.15) is 142 Å². The average molecular weight is 802 g/mol. The van der Waals surface area contributed by atoms with Gasteiger partial charge in [0.25, 0.3) is 0 Å². The van der Waals surface area contributed by atoms with Gasteiger partial charge in [0.05, 0.1) is 13.2 Å². The summed E-state index contributed by atoms with van der Waals surface area (Å²) in [6.45, 7) is 3.91. The summed E-state index contributed by atoms with van der Waals surface area (Å²) >= 11 is 0. The Kier molecular flexibility index (Phi) is 39.3. The summed E-state index contributed by atoms with van der Waals surface area (Å²) in [5, 5.41) is 2.81. The lowest BCUT2D eigenvalue weighted by Gasteiger charge is -2.20. The Morgan fingerprint density at radius 1 is 0.554 bits per heavy atom. The Morgan fingerprint density at radius 2 is 0.964 bits per heavy atom. The molecule has 0 aromatic carbocycles. The highest BCUT2D eigenvalue weighted by molar-refractivity contribution is 7.47. The van der Waals surface area contributed by atoms with Crippen molar-refractivity contribution in [3.63, 3.8) is 0 Å². The summed E-state index contributed by atoms with van der Waals surface area (Å²) in [4.78, 5) is 35.0. The maximum atomic E-state index is 12.6. The molecular formula is C46H76NO8P. The van der Waals surface area contributed by atoms with Crippen molar-refractivity contribution in [2.75, 3.05) is 33.4 Å². The molecule has 318 valence electrons. The molecule has 0 rings (SSSR count). The van der Waals surface area contributed by atoms with Gasteiger partial charge >= 0.3 is 19.8 Å². The second-order valence-corrected chi connectivity index (χ2v) is 14.9. The molecule has 0 saturated heterocycles. The minimum atomic E-state index is -4.37. The maximum absolute atomic E-state index is 12.6. The zero-order valence-electron chi connectivity index (χ0n) is 35.0. The van der Waals surface area contributed by atoms with Crippen molar-refractivity contribution in [2.45, 2.75) is 148 Å². The van der Waals surface area contributed by atoms with E-state index in [1.165, 1.54) is 0 Å². The van der Waals surface area contributed by atoms with Gasteiger partial charge in [-0.05, 0) is 96.9 Å². The quantitative estimate of drug-likeness (QED) is 0.0272. The molecule has 0 aromatic rings. The van der Waals surface area contributed by atoms with Crippen LogP contribution in [0, 0.1) is 0 Å². The van der Waals surface area contributed by atoms with Gasteiger partial charge in [0.15, 0.2) is 6.10 Å². The number of carbonyl (C=O) groups is 2. The van der Waals surface area contributed by atoms with Crippen LogP contribution in [-0.2, 0) is 32.7 Å². The molecular weight excluding hydrogens is 725 g/mol. The van der Waals surface area contributed by atoms with Gasteiger partial charge in [0.1, 0.15) is 6.61 Å². The van der Waals surface area contributed by atoms with E-state index in [1.54, 1.807) is 7.05 Å². The fourth-order valence-electron chi connectivity index (χ4n) is 5.06. The molecule has 9 nitrogen and oxygen atoms in total. The molecule has 0 aliphatic rings. The molecule has 0 aliphatic carbocycles. The third-order valence-corrected chi connectivity index (χ3v) is 9.18. The summed E-state index contributed by atoms with van der Waals surface area (Å²) in [5.41, 5.74) is 0. The lowest BCUT2D eigenvalue weighted by molar-refractivity contribution is -0.161. The highest BCUT2D eigenvalue weighted by Crippen LogP contribution is 2.43. The lowest BCUT2D eigenvalue weighted by atomic mass is 10.1. The summed E-state index contributed by atoms with van der Waals surface area (Å²) in [6.07, 6.45) is 51.6. The molecule has 2 N–H and O–H groups in total. The highest BCUT2D eigenvalue weighted by atomic mass is 31.2. The number of hydrogen-bond acceptors (Lipinski definition) is 8. The topological polar surface area (TPSA) is 120 Å². The molecule has 0 saturated carbocycles. The van der Waals surface area contributed by atoms with Gasteiger partial charge in [-0.1, -0.05) is 137 Å². The van der Waals surface area contributed by atoms with Crippen LogP contribution >= 0.6 is 7.82 Å². The van der Waals surface area contributed by atoms with E-state index in [4.69, 9.17) is 18.5 Å². The van der Waals surface area contributed by atoms with E-state index >= 15 is 0 Å². The summed E-state index contributed by atoms with van der Waals surface area (Å²) in [7, 11) is -2.68. The van der Waals surface area contributed by atoms with Gasteiger partial charge in [0, 0.05) is 19.4 Å². The number of rotatable bonds is 38. The second-order valence-electron chi connectivity index (χ2n) is 13.4. The molecule has 0 heterocycles. The van der Waals surface area contributed by atoms with Crippen LogP contribution < -0.4 is 5.32 Å². The number of hydrogen-bond donors (Lipinski definition) is 2. The molecule has 0 amide bonds. The van der Waals surface area contributed by atoms with Crippen molar-refractivity contribution in [1.82, 2.24) is 5.32 Å². The van der Waals surface area contributed by atoms with Gasteiger partial charge in [-0.15, -0.1) is 0 Å². The van der Waals surface area contributed by atoms with Crippen LogP contribution in [0.4, 0.5) is 0 Å². The van der Waals surface area contributed by atoms with E-state index in [-0.39, 0.29) is 26.1 Å². The van der Waals surface area contributed by atoms with Crippen molar-refractivity contribution in [3.8, 4) is 0 Å². The molecule has 0 fully saturated rings. The van der Waals surface area contributed by atoms with Gasteiger partial charge in [-0.3, -0.25) is 18.6 Å². The van der Waals surface area contributed by atoms with Crippen molar-refractivity contribution in [1.29, 1.82) is 0 Å². The first-order valence-corrected chi connectivity index (χ1v) is 22.7. The lowest BCUT2D eigenvalue weighted by Crippen LogP contribution is -2.29. The molecule has 10 heteroatoms. The predicted octanol–water partition coefficient (Wildman–Crippen LogP) is 12.1. The Morgan fingerprint density at radius 3 is 1.45 bits per heavy atom. The van der Waals surface area contributed by atoms with Crippen molar-refractivity contribution >= 4 is 19.8 Å². The largest absolute Gasteiger partial charge is 0.472 e. The number of likely N-dealkylation sites (N-methyl/N-ethyl adjacent to an activating group) is 1. The van der Waals surface area contributed by atoms with Crippen LogP contribution in [0.3, 0.4) is 0 Å². The Bertz CT molecular complexity index is 1230. The smallest absolute Gasteiger partial charge is 0.462 e. The van der Waals surface area contributed by atoms with Crippen molar-refractivity contribution < 1.29 is 37.6 Å². The van der Waals surface area contributed by atoms with Crippen LogP contribution in [0.15, 0.2) is 97.2 Å². The highest BCUT2D eigenvalue weighted by Gasteiger charge is 2.26. The average Bonchev–Trinajstić information content (AvgIpc) is 3.18. The van der Waals surface area contributed by atoms with Crippen LogP contribution in [0.25, 0.3) is 0 Å². The molecule has 0 spiro atoms. The summed E-state index contributed by atoms with van der Waals surface area (Å²) < 4.78 is 33.1. The van der Waals surface area contributed by atoms with Gasteiger partial charge in [-0.2, -0.15) is 0 Å². The number of phosphoric ester groups is 1. The second kappa shape index (κ2) is 41.6. The molecule has 56 heavy (non-hydrogen) atoms. The number of ether oxygens (including phenoxy) is 2. The Hall–Kier alpha value is -3.07. The summed E-state index contributed by atoms with van der Waals surface area (Å²) in [6, 6.07) is 0. The van der Waals surface area contributed by atoms with Crippen LogP contribution in [-0.4, -0.2) is 56.3 Å². The minimum absolute atomic E-state index is 0.0327. The first-order chi connectivity index (χ1) is 27.3. The minimum Gasteiger partial charge on any atom is -0.462 e. The van der Waals surface area contributed by atoms with Crippen LogP contribution in [0.2, 0.25) is 0 Å². The number of carbonyl (C=O) groups excluding carboxylic acids is 2. The standard InChI is InChI=1S/C46H76NO8P/c1-4-6-8-10-12-14-16-18-20-21-22-23-25-27-29-31-33-35-37-39-46(49)55-44(43-54-56(50,51)53-41-40-47-3)42-52-45(48)38-36-34-32-30-28-26-24-19-17-15-13-11-9-7-5-2/h6-9,12-15,18-20,22-24,27,29,44,47H,4-5,10-11,16-17,21,25-26,28,30-43H2,1-3H3,(H,50,51)/b8-6-,9-7-,14-12-,15-13-,20-18-,23-22-,24-19-,29-27-. The predicted molar refractivity (Wildman–Crippen MR) is 233 cm³/mol. The molecule has 2 unspecified atom stereocenters. The Labute approximate surface area is 340 Å². The fourth-order valence-corrected chi connectivity index (χ4v) is 5.81. The number of allylic oxidation sites excluding steroid dienone is 16. The monoisotopic (exact) mass is 802 g/mol. The van der Waals surface area contributed by atoms with E-state index in [1.807, 2.05) is 0 Å². The first kappa shape index (κ1) is 52.9. The Balaban J connectivity index is 4.36. The SMILES string of the molecule is CC/C=C\C/C=C\C/C=C\C/C=C\C/C=C\CCCCCC(=O)OC(COC(=O)CCCCCCC/C=C\C/C=C\C/C=C\CC)COP(=O)(O)OCCNC. The third-order valence-electron chi connectivity index (χ3n) is 8.20. The van der Waals surface area contributed by atoms with E-state index in [0.29, 0.717) is 19.4 Å². The zero-order valence-corrected chi connectivity index (χ0v) is 35.9. The van der Waals surface area contributed by atoms with Gasteiger partial charge in [0.2, 0.25) is 0 Å². The number of nitrogens with one attached hydrogen (secondary N) is 1. The van der Waals surface area contributed by atoms with Crippen molar-refractivity contribution in [2.24, 2.45) is 0 Å². The molecule has 2 atom stereocenters. The van der Waals surface area contributed by atoms with Gasteiger partial charge in [-0.25, -0.2) is 4.57 Å². The molecule has 0 radical (unpaired) electrons. The van der Waals surface area contributed by atoms with E-state index < -0.39 is 32.5 Å². The summed E-state index contributed by atoms with van der Waals surface area (Å²) in [5.74, 6) is -0.876. The fraction of sp³-hybridized carbons (Fsp3) is 0.609. The molecule has 0 aliphatic heterocycles. The van der Waals surface area contributed by atoms with Crippen LogP contribution in [0.5, 0.6) is 0 Å². The number of esters is 2. The molecule has 0 bridgehead atoms.